The number of esters is 1. The van der Waals surface area contributed by atoms with Crippen LogP contribution in [0.1, 0.15) is 63.7 Å². The first kappa shape index (κ1) is 24.0. The number of ketones is 1. The molecule has 0 radical (unpaired) electrons. The lowest BCUT2D eigenvalue weighted by Crippen LogP contribution is -2.51. The van der Waals surface area contributed by atoms with Crippen LogP contribution in [-0.2, 0) is 24.3 Å². The lowest BCUT2D eigenvalue weighted by atomic mass is 9.97. The number of sulfonamides is 1. The average molecular weight is 439 g/mol. The van der Waals surface area contributed by atoms with Crippen molar-refractivity contribution >= 4 is 27.7 Å². The van der Waals surface area contributed by atoms with Gasteiger partial charge in [0.05, 0.1) is 11.3 Å². The molecule has 0 aromatic heterocycles. The molecule has 3 atom stereocenters. The molecule has 0 saturated carbocycles. The molecule has 0 bridgehead atoms. The molecule has 30 heavy (non-hydrogen) atoms. The molecule has 1 aliphatic rings. The first-order valence-corrected chi connectivity index (χ1v) is 11.6. The second-order valence-corrected chi connectivity index (χ2v) is 9.50. The molecule has 2 rings (SSSR count). The molecular weight excluding hydrogens is 408 g/mol. The van der Waals surface area contributed by atoms with Crippen molar-refractivity contribution in [2.24, 2.45) is 0 Å². The molecule has 1 heterocycles. The summed E-state index contributed by atoms with van der Waals surface area (Å²) in [6.45, 7) is 6.74. The zero-order chi connectivity index (χ0) is 22.5. The Morgan fingerprint density at radius 1 is 1.13 bits per heavy atom. The van der Waals surface area contributed by atoms with Gasteiger partial charge in [-0.05, 0) is 59.1 Å². The van der Waals surface area contributed by atoms with Crippen LogP contribution >= 0.6 is 0 Å². The molecule has 8 nitrogen and oxygen atoms in total. The van der Waals surface area contributed by atoms with E-state index in [2.05, 4.69) is 4.72 Å². The SMILES string of the molecule is CC(=O)c1ccc(S(=O)(=O)NCCC(=O)O[C@@H](C)C(=O)N2[C@@H](C)CCC[C@@H]2C)cc1. The molecule has 9 heteroatoms. The fourth-order valence-corrected chi connectivity index (χ4v) is 4.64. The van der Waals surface area contributed by atoms with Gasteiger partial charge in [0.25, 0.3) is 5.91 Å². The van der Waals surface area contributed by atoms with Crippen LogP contribution in [0.5, 0.6) is 0 Å². The van der Waals surface area contributed by atoms with Crippen LogP contribution in [0, 0.1) is 0 Å². The van der Waals surface area contributed by atoms with Crippen molar-refractivity contribution in [2.45, 2.75) is 76.5 Å². The van der Waals surface area contributed by atoms with Crippen LogP contribution in [0.4, 0.5) is 0 Å². The van der Waals surface area contributed by atoms with Gasteiger partial charge in [-0.15, -0.1) is 0 Å². The van der Waals surface area contributed by atoms with Crippen molar-refractivity contribution in [1.82, 2.24) is 9.62 Å². The number of amides is 1. The fraction of sp³-hybridized carbons (Fsp3) is 0.571. The summed E-state index contributed by atoms with van der Waals surface area (Å²) < 4.78 is 32.1. The minimum absolute atomic E-state index is 0.00233. The Labute approximate surface area is 178 Å². The number of Topliss-reactive ketones (excluding diaryl/α,β-unsaturated/α-hetero) is 1. The number of nitrogens with zero attached hydrogens (tertiary/aromatic N) is 1. The number of carbonyl (C=O) groups is 3. The number of benzene rings is 1. The first-order valence-electron chi connectivity index (χ1n) is 10.1. The van der Waals surface area contributed by atoms with Gasteiger partial charge in [0.2, 0.25) is 10.0 Å². The van der Waals surface area contributed by atoms with Crippen molar-refractivity contribution in [3.63, 3.8) is 0 Å². The van der Waals surface area contributed by atoms with Crippen molar-refractivity contribution in [1.29, 1.82) is 0 Å². The van der Waals surface area contributed by atoms with E-state index >= 15 is 0 Å². The number of rotatable bonds is 8. The van der Waals surface area contributed by atoms with E-state index in [-0.39, 0.29) is 41.6 Å². The van der Waals surface area contributed by atoms with Gasteiger partial charge in [0, 0.05) is 24.2 Å². The molecule has 1 amide bonds. The van der Waals surface area contributed by atoms with Gasteiger partial charge in [-0.2, -0.15) is 0 Å². The van der Waals surface area contributed by atoms with E-state index in [0.717, 1.165) is 19.3 Å². The zero-order valence-corrected chi connectivity index (χ0v) is 18.7. The summed E-state index contributed by atoms with van der Waals surface area (Å²) >= 11 is 0. The maximum absolute atomic E-state index is 12.7. The fourth-order valence-electron chi connectivity index (χ4n) is 3.61. The summed E-state index contributed by atoms with van der Waals surface area (Å²) in [6, 6.07) is 5.73. The van der Waals surface area contributed by atoms with Gasteiger partial charge in [-0.25, -0.2) is 13.1 Å². The van der Waals surface area contributed by atoms with Gasteiger partial charge >= 0.3 is 5.97 Å². The Kier molecular flexibility index (Phi) is 8.14. The molecule has 1 aromatic rings. The summed E-state index contributed by atoms with van der Waals surface area (Å²) in [5.41, 5.74) is 0.411. The average Bonchev–Trinajstić information content (AvgIpc) is 2.67. The van der Waals surface area contributed by atoms with Crippen LogP contribution < -0.4 is 4.72 Å². The Hall–Kier alpha value is -2.26. The van der Waals surface area contributed by atoms with Gasteiger partial charge in [-0.3, -0.25) is 14.4 Å². The maximum atomic E-state index is 12.7. The Balaban J connectivity index is 1.85. The molecule has 1 N–H and O–H groups in total. The Morgan fingerprint density at radius 3 is 2.23 bits per heavy atom. The van der Waals surface area contributed by atoms with E-state index in [1.165, 1.54) is 38.1 Å². The summed E-state index contributed by atoms with van der Waals surface area (Å²) in [7, 11) is -3.82. The molecule has 166 valence electrons. The number of piperidine rings is 1. The van der Waals surface area contributed by atoms with Crippen molar-refractivity contribution in [3.8, 4) is 0 Å². The molecule has 1 fully saturated rings. The van der Waals surface area contributed by atoms with Gasteiger partial charge in [-0.1, -0.05) is 12.1 Å². The molecule has 0 spiro atoms. The van der Waals surface area contributed by atoms with Gasteiger partial charge in [0.1, 0.15) is 0 Å². The van der Waals surface area contributed by atoms with E-state index in [4.69, 9.17) is 4.74 Å². The summed E-state index contributed by atoms with van der Waals surface area (Å²) in [5, 5.41) is 0. The highest BCUT2D eigenvalue weighted by Crippen LogP contribution is 2.23. The lowest BCUT2D eigenvalue weighted by Gasteiger charge is -2.40. The number of likely N-dealkylation sites (tertiary alicyclic amines) is 1. The molecule has 1 aromatic carbocycles. The zero-order valence-electron chi connectivity index (χ0n) is 17.9. The predicted molar refractivity (Wildman–Crippen MR) is 111 cm³/mol. The van der Waals surface area contributed by atoms with Crippen molar-refractivity contribution < 1.29 is 27.5 Å². The minimum atomic E-state index is -3.82. The second kappa shape index (κ2) is 10.2. The number of hydrogen-bond acceptors (Lipinski definition) is 6. The predicted octanol–water partition coefficient (Wildman–Crippen LogP) is 2.28. The van der Waals surface area contributed by atoms with E-state index in [1.54, 1.807) is 4.90 Å². The van der Waals surface area contributed by atoms with Gasteiger partial charge < -0.3 is 9.64 Å². The summed E-state index contributed by atoms with van der Waals surface area (Å²) in [5.74, 6) is -1.04. The molecular formula is C21H30N2O6S. The number of hydrogen-bond donors (Lipinski definition) is 1. The Morgan fingerprint density at radius 2 is 1.70 bits per heavy atom. The molecule has 0 aliphatic carbocycles. The maximum Gasteiger partial charge on any atom is 0.307 e. The molecule has 1 saturated heterocycles. The summed E-state index contributed by atoms with van der Waals surface area (Å²) in [6.07, 6.45) is 1.79. The molecule has 1 aliphatic heterocycles. The largest absolute Gasteiger partial charge is 0.452 e. The van der Waals surface area contributed by atoms with Crippen molar-refractivity contribution in [3.05, 3.63) is 29.8 Å². The highest BCUT2D eigenvalue weighted by atomic mass is 32.2. The van der Waals surface area contributed by atoms with E-state index in [9.17, 15) is 22.8 Å². The second-order valence-electron chi connectivity index (χ2n) is 7.73. The summed E-state index contributed by atoms with van der Waals surface area (Å²) in [4.78, 5) is 37.8. The van der Waals surface area contributed by atoms with Crippen LogP contribution in [0.15, 0.2) is 29.2 Å². The highest BCUT2D eigenvalue weighted by molar-refractivity contribution is 7.89. The smallest absolute Gasteiger partial charge is 0.307 e. The van der Waals surface area contributed by atoms with E-state index < -0.39 is 22.1 Å². The van der Waals surface area contributed by atoms with Crippen molar-refractivity contribution in [2.75, 3.05) is 6.54 Å². The monoisotopic (exact) mass is 438 g/mol. The van der Waals surface area contributed by atoms with Crippen LogP contribution in [0.3, 0.4) is 0 Å². The lowest BCUT2D eigenvalue weighted by molar-refractivity contribution is -0.162. The van der Waals surface area contributed by atoms with Gasteiger partial charge in [0.15, 0.2) is 11.9 Å². The third-order valence-electron chi connectivity index (χ3n) is 5.30. The normalized spacial score (nSPS) is 20.5. The van der Waals surface area contributed by atoms with E-state index in [0.29, 0.717) is 5.56 Å². The minimum Gasteiger partial charge on any atom is -0.452 e. The number of ether oxygens (including phenoxy) is 1. The van der Waals surface area contributed by atoms with Crippen LogP contribution in [0.25, 0.3) is 0 Å². The molecule has 0 unspecified atom stereocenters. The quantitative estimate of drug-likeness (QED) is 0.493. The highest BCUT2D eigenvalue weighted by Gasteiger charge is 2.33. The van der Waals surface area contributed by atoms with Crippen LogP contribution in [0.2, 0.25) is 0 Å². The van der Waals surface area contributed by atoms with Crippen LogP contribution in [-0.4, -0.2) is 55.7 Å². The number of nitrogens with one attached hydrogen (secondary N) is 1. The standard InChI is InChI=1S/C21H30N2O6S/c1-14-6-5-7-15(2)23(14)21(26)17(4)29-20(25)12-13-22-30(27,28)19-10-8-18(9-11-19)16(3)24/h8-11,14-15,17,22H,5-7,12-13H2,1-4H3/t14-,15-,17-/m0/s1. The topological polar surface area (TPSA) is 110 Å². The number of carbonyl (C=O) groups excluding carboxylic acids is 3. The Bertz CT molecular complexity index is 871. The van der Waals surface area contributed by atoms with E-state index in [1.807, 2.05) is 13.8 Å². The first-order chi connectivity index (χ1) is 14.0. The third kappa shape index (κ3) is 6.12. The third-order valence-corrected chi connectivity index (χ3v) is 6.77.